The molecule has 1 atom stereocenters. The highest BCUT2D eigenvalue weighted by Gasteiger charge is 2.36. The number of hydrogen-bond acceptors (Lipinski definition) is 2. The summed E-state index contributed by atoms with van der Waals surface area (Å²) in [6.45, 7) is 7.68. The zero-order valence-corrected chi connectivity index (χ0v) is 12.7. The lowest BCUT2D eigenvalue weighted by Gasteiger charge is -2.34. The Balaban J connectivity index is 2.11. The van der Waals surface area contributed by atoms with E-state index in [-0.39, 0.29) is 0 Å². The Bertz CT molecular complexity index is 643. The molecule has 1 aliphatic heterocycles. The zero-order valence-electron chi connectivity index (χ0n) is 11.7. The first-order valence-electron chi connectivity index (χ1n) is 6.79. The summed E-state index contributed by atoms with van der Waals surface area (Å²) in [7, 11) is -1.66. The molecule has 1 aliphatic rings. The van der Waals surface area contributed by atoms with Crippen LogP contribution >= 0.6 is 0 Å². The number of benzene rings is 2. The van der Waals surface area contributed by atoms with Crippen LogP contribution in [0.4, 0.5) is 0 Å². The molecule has 2 aromatic rings. The van der Waals surface area contributed by atoms with Gasteiger partial charge in [0.15, 0.2) is 0 Å². The van der Waals surface area contributed by atoms with Gasteiger partial charge in [0.1, 0.15) is 0 Å². The second-order valence-corrected chi connectivity index (χ2v) is 10.2. The molecule has 0 N–H and O–H groups in total. The predicted octanol–water partition coefficient (Wildman–Crippen LogP) is 4.21. The van der Waals surface area contributed by atoms with Crippen molar-refractivity contribution >= 4 is 25.0 Å². The van der Waals surface area contributed by atoms with Gasteiger partial charge in [-0.25, -0.2) is 0 Å². The van der Waals surface area contributed by atoms with Crippen molar-refractivity contribution in [1.82, 2.24) is 0 Å². The van der Waals surface area contributed by atoms with Crippen molar-refractivity contribution < 1.29 is 4.43 Å². The second kappa shape index (κ2) is 4.49. The van der Waals surface area contributed by atoms with Crippen molar-refractivity contribution in [2.45, 2.75) is 25.6 Å². The van der Waals surface area contributed by atoms with Crippen LogP contribution in [-0.4, -0.2) is 20.8 Å². The maximum absolute atomic E-state index is 6.27. The highest BCUT2D eigenvalue weighted by molar-refractivity contribution is 6.74. The van der Waals surface area contributed by atoms with Gasteiger partial charge in [0.25, 0.3) is 8.32 Å². The van der Waals surface area contributed by atoms with Crippen molar-refractivity contribution in [1.29, 1.82) is 0 Å². The Labute approximate surface area is 115 Å². The van der Waals surface area contributed by atoms with Crippen LogP contribution in [0.1, 0.15) is 12.5 Å². The minimum atomic E-state index is -1.66. The fraction of sp³-hybridized carbons (Fsp3) is 0.312. The fourth-order valence-electron chi connectivity index (χ4n) is 2.37. The maximum Gasteiger partial charge on any atom is 0.251 e. The summed E-state index contributed by atoms with van der Waals surface area (Å²) in [5, 5.41) is 2.47. The first-order valence-corrected chi connectivity index (χ1v) is 9.78. The van der Waals surface area contributed by atoms with E-state index in [0.29, 0.717) is 5.54 Å². The van der Waals surface area contributed by atoms with Gasteiger partial charge >= 0.3 is 0 Å². The lowest BCUT2D eigenvalue weighted by atomic mass is 10.0. The molecule has 1 heterocycles. The van der Waals surface area contributed by atoms with Crippen LogP contribution in [0, 0.1) is 0 Å². The van der Waals surface area contributed by atoms with E-state index < -0.39 is 8.32 Å². The Morgan fingerprint density at radius 3 is 2.63 bits per heavy atom. The molecule has 3 rings (SSSR count). The van der Waals surface area contributed by atoms with E-state index in [0.717, 1.165) is 18.0 Å². The molecule has 0 aromatic heterocycles. The highest BCUT2D eigenvalue weighted by Crippen LogP contribution is 2.30. The van der Waals surface area contributed by atoms with Gasteiger partial charge in [-0.15, -0.1) is 0 Å². The predicted molar refractivity (Wildman–Crippen MR) is 83.3 cm³/mol. The Morgan fingerprint density at radius 1 is 1.11 bits per heavy atom. The lowest BCUT2D eigenvalue weighted by molar-refractivity contribution is 0.499. The van der Waals surface area contributed by atoms with Crippen LogP contribution < -0.4 is 0 Å². The molecule has 98 valence electrons. The molecule has 2 aromatic carbocycles. The summed E-state index contributed by atoms with van der Waals surface area (Å²) < 4.78 is 6.27. The molecule has 0 spiro atoms. The monoisotopic (exact) mass is 269 g/mol. The van der Waals surface area contributed by atoms with E-state index in [2.05, 4.69) is 67.5 Å². The lowest BCUT2D eigenvalue weighted by Crippen LogP contribution is -2.42. The molecular formula is C16H19NOSi. The zero-order chi connectivity index (χ0) is 13.5. The number of rotatable bonds is 1. The molecule has 0 amide bonds. The van der Waals surface area contributed by atoms with Gasteiger partial charge in [0.05, 0.1) is 0 Å². The number of aliphatic imine (C=N–C) groups is 1. The molecule has 0 saturated heterocycles. The summed E-state index contributed by atoms with van der Waals surface area (Å²) in [4.78, 5) is 4.66. The van der Waals surface area contributed by atoms with Crippen LogP contribution in [0.5, 0.6) is 0 Å². The second-order valence-electron chi connectivity index (χ2n) is 5.78. The molecule has 2 nitrogen and oxygen atoms in total. The number of fused-ring (bicyclic) bond motifs is 1. The number of nitrogens with zero attached hydrogens (tertiary/aromatic N) is 1. The van der Waals surface area contributed by atoms with E-state index >= 15 is 0 Å². The third-order valence-electron chi connectivity index (χ3n) is 4.08. The Morgan fingerprint density at radius 2 is 1.84 bits per heavy atom. The SMILES string of the molecule is CC1CN=C(c2cccc3ccccc23)O[Si]1(C)C. The third-order valence-corrected chi connectivity index (χ3v) is 7.35. The van der Waals surface area contributed by atoms with E-state index in [9.17, 15) is 0 Å². The molecule has 19 heavy (non-hydrogen) atoms. The molecular weight excluding hydrogens is 250 g/mol. The third kappa shape index (κ3) is 2.19. The molecule has 0 aliphatic carbocycles. The summed E-state index contributed by atoms with van der Waals surface area (Å²) in [5.41, 5.74) is 1.71. The van der Waals surface area contributed by atoms with E-state index in [1.165, 1.54) is 10.8 Å². The Hall–Kier alpha value is -1.61. The topological polar surface area (TPSA) is 21.6 Å². The smallest absolute Gasteiger partial charge is 0.251 e. The van der Waals surface area contributed by atoms with Gasteiger partial charge in [-0.1, -0.05) is 43.3 Å². The van der Waals surface area contributed by atoms with Gasteiger partial charge < -0.3 is 4.43 Å². The largest absolute Gasteiger partial charge is 0.531 e. The summed E-state index contributed by atoms with van der Waals surface area (Å²) in [6, 6.07) is 14.7. The first-order chi connectivity index (χ1) is 9.08. The van der Waals surface area contributed by atoms with Gasteiger partial charge in [0.2, 0.25) is 5.90 Å². The van der Waals surface area contributed by atoms with Gasteiger partial charge in [0, 0.05) is 17.6 Å². The first kappa shape index (κ1) is 12.4. The van der Waals surface area contributed by atoms with Gasteiger partial charge in [-0.2, -0.15) is 0 Å². The van der Waals surface area contributed by atoms with Crippen molar-refractivity contribution in [2.75, 3.05) is 6.54 Å². The van der Waals surface area contributed by atoms with Crippen molar-refractivity contribution in [3.05, 3.63) is 48.0 Å². The standard InChI is InChI=1S/C16H19NOSi/c1-12-11-17-16(18-19(12,2)3)15-10-6-8-13-7-4-5-9-14(13)15/h4-10,12H,11H2,1-3H3. The average molecular weight is 269 g/mol. The van der Waals surface area contributed by atoms with Crippen LogP contribution in [0.15, 0.2) is 47.5 Å². The molecule has 0 saturated carbocycles. The van der Waals surface area contributed by atoms with Crippen LogP contribution in [-0.2, 0) is 4.43 Å². The minimum Gasteiger partial charge on any atom is -0.531 e. The van der Waals surface area contributed by atoms with Crippen LogP contribution in [0.2, 0.25) is 18.6 Å². The van der Waals surface area contributed by atoms with E-state index in [1.807, 2.05) is 0 Å². The Kier molecular flexibility index (Phi) is 2.94. The van der Waals surface area contributed by atoms with Crippen molar-refractivity contribution in [3.63, 3.8) is 0 Å². The molecule has 0 fully saturated rings. The molecule has 1 unspecified atom stereocenters. The summed E-state index contributed by atoms with van der Waals surface area (Å²) in [6.07, 6.45) is 0. The van der Waals surface area contributed by atoms with Gasteiger partial charge in [-0.05, 0) is 29.9 Å². The van der Waals surface area contributed by atoms with E-state index in [4.69, 9.17) is 4.43 Å². The van der Waals surface area contributed by atoms with Crippen LogP contribution in [0.25, 0.3) is 10.8 Å². The molecule has 0 bridgehead atoms. The highest BCUT2D eigenvalue weighted by atomic mass is 28.4. The summed E-state index contributed by atoms with van der Waals surface area (Å²) >= 11 is 0. The van der Waals surface area contributed by atoms with E-state index in [1.54, 1.807) is 0 Å². The quantitative estimate of drug-likeness (QED) is 0.711. The van der Waals surface area contributed by atoms with Crippen molar-refractivity contribution in [3.8, 4) is 0 Å². The summed E-state index contributed by atoms with van der Waals surface area (Å²) in [5.74, 6) is 0.839. The number of hydrogen-bond donors (Lipinski definition) is 0. The molecule has 0 radical (unpaired) electrons. The maximum atomic E-state index is 6.27. The van der Waals surface area contributed by atoms with Crippen LogP contribution in [0.3, 0.4) is 0 Å². The minimum absolute atomic E-state index is 0.575. The molecule has 3 heteroatoms. The average Bonchev–Trinajstić information content (AvgIpc) is 2.41. The normalized spacial score (nSPS) is 21.8. The van der Waals surface area contributed by atoms with Crippen molar-refractivity contribution in [2.24, 2.45) is 4.99 Å². The van der Waals surface area contributed by atoms with Gasteiger partial charge in [-0.3, -0.25) is 4.99 Å². The fourth-order valence-corrected chi connectivity index (χ4v) is 3.78.